The van der Waals surface area contributed by atoms with Gasteiger partial charge in [0.2, 0.25) is 5.75 Å². The molecule has 0 radical (unpaired) electrons. The first-order chi connectivity index (χ1) is 13.4. The Morgan fingerprint density at radius 1 is 0.857 bits per heavy atom. The van der Waals surface area contributed by atoms with E-state index in [9.17, 15) is 4.79 Å². The van der Waals surface area contributed by atoms with E-state index in [-0.39, 0.29) is 5.78 Å². The van der Waals surface area contributed by atoms with E-state index in [0.717, 1.165) is 29.5 Å². The number of carbonyl (C=O) groups is 1. The van der Waals surface area contributed by atoms with Gasteiger partial charge >= 0.3 is 0 Å². The molecule has 0 fully saturated rings. The average molecular weight is 386 g/mol. The quantitative estimate of drug-likeness (QED) is 0.446. The predicted molar refractivity (Wildman–Crippen MR) is 111 cm³/mol. The fourth-order valence-corrected chi connectivity index (χ4v) is 3.35. The van der Waals surface area contributed by atoms with Crippen molar-refractivity contribution in [3.63, 3.8) is 0 Å². The summed E-state index contributed by atoms with van der Waals surface area (Å²) in [6.45, 7) is 8.29. The molecule has 0 aliphatic carbocycles. The fraction of sp³-hybridized carbons (Fsp3) is 0.435. The molecule has 0 saturated heterocycles. The number of benzene rings is 2. The van der Waals surface area contributed by atoms with Gasteiger partial charge in [0.15, 0.2) is 17.3 Å². The van der Waals surface area contributed by atoms with Crippen LogP contribution in [0.3, 0.4) is 0 Å². The minimum absolute atomic E-state index is 0.112. The van der Waals surface area contributed by atoms with Gasteiger partial charge in [-0.15, -0.1) is 0 Å². The van der Waals surface area contributed by atoms with E-state index in [4.69, 9.17) is 18.9 Å². The molecule has 0 heterocycles. The summed E-state index contributed by atoms with van der Waals surface area (Å²) in [6, 6.07) is 5.58. The second-order valence-corrected chi connectivity index (χ2v) is 6.75. The van der Waals surface area contributed by atoms with Crippen molar-refractivity contribution < 1.29 is 23.7 Å². The summed E-state index contributed by atoms with van der Waals surface area (Å²) in [5.41, 5.74) is 3.58. The Balaban J connectivity index is 2.72. The topological polar surface area (TPSA) is 54.0 Å². The smallest absolute Gasteiger partial charge is 0.204 e. The standard InChI is InChI=1S/C23H30O5/c1-8-9-12-28-23-20(15(3)13-18(26-6)22(23)27-7)21(24)19-14(2)10-11-17(25-5)16(19)4/h10-11,13H,8-9,12H2,1-7H3. The van der Waals surface area contributed by atoms with Crippen LogP contribution in [-0.2, 0) is 0 Å². The fourth-order valence-electron chi connectivity index (χ4n) is 3.35. The Kier molecular flexibility index (Phi) is 7.32. The van der Waals surface area contributed by atoms with E-state index < -0.39 is 0 Å². The van der Waals surface area contributed by atoms with Crippen LogP contribution < -0.4 is 18.9 Å². The molecule has 28 heavy (non-hydrogen) atoms. The van der Waals surface area contributed by atoms with Crippen molar-refractivity contribution >= 4 is 5.78 Å². The summed E-state index contributed by atoms with van der Waals surface area (Å²) in [5, 5.41) is 0. The minimum Gasteiger partial charge on any atom is -0.496 e. The number of ketones is 1. The number of ether oxygens (including phenoxy) is 4. The number of methoxy groups -OCH3 is 3. The predicted octanol–water partition coefficient (Wildman–Crippen LogP) is 5.05. The van der Waals surface area contributed by atoms with Gasteiger partial charge in [-0.05, 0) is 50.5 Å². The third-order valence-electron chi connectivity index (χ3n) is 4.87. The highest BCUT2D eigenvalue weighted by Crippen LogP contribution is 2.43. The maximum Gasteiger partial charge on any atom is 0.204 e. The van der Waals surface area contributed by atoms with Crippen molar-refractivity contribution in [2.45, 2.75) is 40.5 Å². The van der Waals surface area contributed by atoms with Crippen LogP contribution in [0.2, 0.25) is 0 Å². The molecule has 0 amide bonds. The molecule has 0 unspecified atom stereocenters. The van der Waals surface area contributed by atoms with Crippen LogP contribution in [0.25, 0.3) is 0 Å². The normalized spacial score (nSPS) is 10.5. The van der Waals surface area contributed by atoms with Gasteiger partial charge in [-0.3, -0.25) is 4.79 Å². The lowest BCUT2D eigenvalue weighted by atomic mass is 9.91. The molecule has 0 spiro atoms. The number of hydrogen-bond donors (Lipinski definition) is 0. The van der Waals surface area contributed by atoms with Gasteiger partial charge in [0, 0.05) is 11.1 Å². The van der Waals surface area contributed by atoms with Crippen LogP contribution in [0.1, 0.15) is 52.4 Å². The zero-order valence-electron chi connectivity index (χ0n) is 17.9. The van der Waals surface area contributed by atoms with Gasteiger partial charge in [0.05, 0.1) is 33.5 Å². The van der Waals surface area contributed by atoms with Gasteiger partial charge in [-0.1, -0.05) is 19.4 Å². The molecule has 0 N–H and O–H groups in total. The number of carbonyl (C=O) groups excluding carboxylic acids is 1. The van der Waals surface area contributed by atoms with Crippen molar-refractivity contribution in [3.8, 4) is 23.0 Å². The number of hydrogen-bond acceptors (Lipinski definition) is 5. The van der Waals surface area contributed by atoms with E-state index >= 15 is 0 Å². The molecule has 0 aliphatic rings. The Hall–Kier alpha value is -2.69. The Labute approximate surface area is 167 Å². The summed E-state index contributed by atoms with van der Waals surface area (Å²) in [6.07, 6.45) is 1.87. The van der Waals surface area contributed by atoms with Crippen molar-refractivity contribution in [1.29, 1.82) is 0 Å². The van der Waals surface area contributed by atoms with Crippen LogP contribution in [0.5, 0.6) is 23.0 Å². The maximum atomic E-state index is 13.7. The molecule has 0 bridgehead atoms. The molecule has 2 aromatic rings. The molecular weight excluding hydrogens is 356 g/mol. The van der Waals surface area contributed by atoms with Crippen LogP contribution in [0.4, 0.5) is 0 Å². The maximum absolute atomic E-state index is 13.7. The highest BCUT2D eigenvalue weighted by atomic mass is 16.5. The van der Waals surface area contributed by atoms with Crippen LogP contribution in [0, 0.1) is 20.8 Å². The molecular formula is C23H30O5. The van der Waals surface area contributed by atoms with E-state index in [2.05, 4.69) is 6.92 Å². The molecule has 152 valence electrons. The van der Waals surface area contributed by atoms with E-state index in [1.807, 2.05) is 39.0 Å². The summed E-state index contributed by atoms with van der Waals surface area (Å²) < 4.78 is 22.5. The van der Waals surface area contributed by atoms with E-state index in [0.29, 0.717) is 40.7 Å². The van der Waals surface area contributed by atoms with Crippen molar-refractivity contribution in [2.75, 3.05) is 27.9 Å². The summed E-state index contributed by atoms with van der Waals surface area (Å²) in [5.74, 6) is 1.98. The zero-order chi connectivity index (χ0) is 20.8. The first kappa shape index (κ1) is 21.6. The second kappa shape index (κ2) is 9.49. The number of unbranched alkanes of at least 4 members (excludes halogenated alkanes) is 1. The molecule has 0 saturated carbocycles. The molecule has 5 heteroatoms. The van der Waals surface area contributed by atoms with Crippen molar-refractivity contribution in [3.05, 3.63) is 46.0 Å². The molecule has 0 aromatic heterocycles. The van der Waals surface area contributed by atoms with Crippen molar-refractivity contribution in [2.24, 2.45) is 0 Å². The second-order valence-electron chi connectivity index (χ2n) is 6.75. The minimum atomic E-state index is -0.112. The Morgan fingerprint density at radius 2 is 1.54 bits per heavy atom. The van der Waals surface area contributed by atoms with Crippen LogP contribution >= 0.6 is 0 Å². The summed E-state index contributed by atoms with van der Waals surface area (Å²) in [4.78, 5) is 13.7. The average Bonchev–Trinajstić information content (AvgIpc) is 2.67. The highest BCUT2D eigenvalue weighted by Gasteiger charge is 2.27. The van der Waals surface area contributed by atoms with Gasteiger partial charge < -0.3 is 18.9 Å². The summed E-state index contributed by atoms with van der Waals surface area (Å²) >= 11 is 0. The van der Waals surface area contributed by atoms with E-state index in [1.54, 1.807) is 21.3 Å². The number of aryl methyl sites for hydroxylation is 2. The zero-order valence-corrected chi connectivity index (χ0v) is 17.9. The van der Waals surface area contributed by atoms with E-state index in [1.165, 1.54) is 0 Å². The Morgan fingerprint density at radius 3 is 2.11 bits per heavy atom. The SMILES string of the molecule is CCCCOc1c(OC)c(OC)cc(C)c1C(=O)c1c(C)ccc(OC)c1C. The van der Waals surface area contributed by atoms with Gasteiger partial charge in [0.1, 0.15) is 5.75 Å². The van der Waals surface area contributed by atoms with Gasteiger partial charge in [0.25, 0.3) is 0 Å². The van der Waals surface area contributed by atoms with Crippen LogP contribution in [-0.4, -0.2) is 33.7 Å². The van der Waals surface area contributed by atoms with Gasteiger partial charge in [-0.2, -0.15) is 0 Å². The lowest BCUT2D eigenvalue weighted by Crippen LogP contribution is -2.13. The van der Waals surface area contributed by atoms with Gasteiger partial charge in [-0.25, -0.2) is 0 Å². The van der Waals surface area contributed by atoms with Crippen molar-refractivity contribution in [1.82, 2.24) is 0 Å². The monoisotopic (exact) mass is 386 g/mol. The highest BCUT2D eigenvalue weighted by molar-refractivity contribution is 6.14. The molecule has 0 atom stereocenters. The lowest BCUT2D eigenvalue weighted by Gasteiger charge is -2.20. The largest absolute Gasteiger partial charge is 0.496 e. The molecule has 2 aromatic carbocycles. The molecule has 2 rings (SSSR count). The first-order valence-corrected chi connectivity index (χ1v) is 9.48. The summed E-state index contributed by atoms with van der Waals surface area (Å²) in [7, 11) is 4.73. The lowest BCUT2D eigenvalue weighted by molar-refractivity contribution is 0.103. The van der Waals surface area contributed by atoms with Crippen LogP contribution in [0.15, 0.2) is 18.2 Å². The third-order valence-corrected chi connectivity index (χ3v) is 4.87. The first-order valence-electron chi connectivity index (χ1n) is 9.48. The molecule has 0 aliphatic heterocycles. The number of rotatable bonds is 9. The molecule has 5 nitrogen and oxygen atoms in total. The Bertz CT molecular complexity index is 855. The third kappa shape index (κ3) is 4.08.